The minimum Gasteiger partial charge on any atom is -0.497 e. The van der Waals surface area contributed by atoms with Crippen molar-refractivity contribution in [2.45, 2.75) is 19.8 Å². The monoisotopic (exact) mass is 291 g/mol. The first-order valence-electron chi connectivity index (χ1n) is 7.63. The van der Waals surface area contributed by atoms with Crippen LogP contribution in [0.5, 0.6) is 5.75 Å². The van der Waals surface area contributed by atoms with E-state index in [0.717, 1.165) is 50.5 Å². The number of urea groups is 1. The number of benzene rings is 1. The van der Waals surface area contributed by atoms with Gasteiger partial charge in [0.05, 0.1) is 7.11 Å². The molecule has 1 saturated heterocycles. The van der Waals surface area contributed by atoms with E-state index < -0.39 is 0 Å². The predicted molar refractivity (Wildman–Crippen MR) is 84.9 cm³/mol. The molecule has 116 valence electrons. The Balaban J connectivity index is 1.89. The Morgan fingerprint density at radius 3 is 2.57 bits per heavy atom. The lowest BCUT2D eigenvalue weighted by Gasteiger charge is -2.29. The molecule has 1 aromatic rings. The van der Waals surface area contributed by atoms with Crippen LogP contribution >= 0.6 is 0 Å². The van der Waals surface area contributed by atoms with Crippen molar-refractivity contribution in [3.8, 4) is 5.75 Å². The number of anilines is 1. The predicted octanol–water partition coefficient (Wildman–Crippen LogP) is 2.55. The van der Waals surface area contributed by atoms with Crippen molar-refractivity contribution >= 4 is 11.7 Å². The summed E-state index contributed by atoms with van der Waals surface area (Å²) < 4.78 is 5.11. The lowest BCUT2D eigenvalue weighted by atomic mass is 9.98. The van der Waals surface area contributed by atoms with Crippen LogP contribution in [0.25, 0.3) is 0 Å². The smallest absolute Gasteiger partial charge is 0.321 e. The molecule has 0 atom stereocenters. The molecular formula is C16H25N3O2. The van der Waals surface area contributed by atoms with Crippen LogP contribution in [0.3, 0.4) is 0 Å². The van der Waals surface area contributed by atoms with Crippen LogP contribution < -0.4 is 15.4 Å². The van der Waals surface area contributed by atoms with Gasteiger partial charge in [-0.2, -0.15) is 0 Å². The average Bonchev–Trinajstić information content (AvgIpc) is 2.54. The van der Waals surface area contributed by atoms with Crippen LogP contribution in [0.2, 0.25) is 0 Å². The summed E-state index contributed by atoms with van der Waals surface area (Å²) in [5.41, 5.74) is 0.796. The van der Waals surface area contributed by atoms with Gasteiger partial charge in [-0.15, -0.1) is 0 Å². The normalized spacial score (nSPS) is 15.5. The molecule has 21 heavy (non-hydrogen) atoms. The molecule has 1 aliphatic rings. The third kappa shape index (κ3) is 4.63. The van der Waals surface area contributed by atoms with Gasteiger partial charge >= 0.3 is 6.03 Å². The Hall–Kier alpha value is -1.75. The molecule has 2 rings (SSSR count). The highest BCUT2D eigenvalue weighted by Crippen LogP contribution is 2.17. The van der Waals surface area contributed by atoms with E-state index in [0.29, 0.717) is 5.92 Å². The fraction of sp³-hybridized carbons (Fsp3) is 0.562. The van der Waals surface area contributed by atoms with E-state index in [1.807, 2.05) is 36.1 Å². The first kappa shape index (κ1) is 15.6. The highest BCUT2D eigenvalue weighted by Gasteiger charge is 2.19. The quantitative estimate of drug-likeness (QED) is 0.876. The van der Waals surface area contributed by atoms with Crippen LogP contribution in [-0.2, 0) is 0 Å². The zero-order valence-electron chi connectivity index (χ0n) is 12.9. The van der Waals surface area contributed by atoms with Gasteiger partial charge in [-0.3, -0.25) is 0 Å². The van der Waals surface area contributed by atoms with E-state index in [1.54, 1.807) is 7.11 Å². The highest BCUT2D eigenvalue weighted by molar-refractivity contribution is 5.89. The first-order valence-corrected chi connectivity index (χ1v) is 7.63. The number of rotatable bonds is 5. The van der Waals surface area contributed by atoms with Gasteiger partial charge in [0.1, 0.15) is 5.75 Å². The molecule has 1 aliphatic heterocycles. The van der Waals surface area contributed by atoms with E-state index in [-0.39, 0.29) is 6.03 Å². The summed E-state index contributed by atoms with van der Waals surface area (Å²) in [6.07, 6.45) is 2.29. The Bertz CT molecular complexity index is 441. The summed E-state index contributed by atoms with van der Waals surface area (Å²) in [5.74, 6) is 1.39. The van der Waals surface area contributed by atoms with Crippen molar-refractivity contribution < 1.29 is 9.53 Å². The molecule has 2 N–H and O–H groups in total. The molecule has 0 unspecified atom stereocenters. The lowest BCUT2D eigenvalue weighted by molar-refractivity contribution is 0.196. The number of carbonyl (C=O) groups is 1. The summed E-state index contributed by atoms with van der Waals surface area (Å²) in [6, 6.07) is 7.38. The Kier molecular flexibility index (Phi) is 5.87. The zero-order valence-corrected chi connectivity index (χ0v) is 12.9. The number of nitrogens with zero attached hydrogens (tertiary/aromatic N) is 1. The summed E-state index contributed by atoms with van der Waals surface area (Å²) in [6.45, 7) is 5.70. The van der Waals surface area contributed by atoms with E-state index >= 15 is 0 Å². The van der Waals surface area contributed by atoms with Gasteiger partial charge < -0.3 is 20.3 Å². The molecule has 5 nitrogen and oxygen atoms in total. The summed E-state index contributed by atoms with van der Waals surface area (Å²) in [5, 5.41) is 6.30. The minimum absolute atomic E-state index is 0.0267. The van der Waals surface area contributed by atoms with Crippen molar-refractivity contribution in [3.05, 3.63) is 24.3 Å². The lowest BCUT2D eigenvalue weighted by Crippen LogP contribution is -2.41. The van der Waals surface area contributed by atoms with E-state index in [2.05, 4.69) is 10.6 Å². The SMILES string of the molecule is CCN(CC1CCNCC1)C(=O)Nc1ccc(OC)cc1. The molecule has 5 heteroatoms. The number of carbonyl (C=O) groups excluding carboxylic acids is 1. The minimum atomic E-state index is -0.0267. The average molecular weight is 291 g/mol. The van der Waals surface area contributed by atoms with Crippen LogP contribution in [0, 0.1) is 5.92 Å². The number of piperidine rings is 1. The summed E-state index contributed by atoms with van der Waals surface area (Å²) in [4.78, 5) is 14.2. The zero-order chi connectivity index (χ0) is 15.1. The second-order valence-corrected chi connectivity index (χ2v) is 5.39. The standard InChI is InChI=1S/C16H25N3O2/c1-3-19(12-13-8-10-17-11-9-13)16(20)18-14-4-6-15(21-2)7-5-14/h4-7,13,17H,3,8-12H2,1-2H3,(H,18,20). The molecule has 0 spiro atoms. The van der Waals surface area contributed by atoms with Crippen LogP contribution in [-0.4, -0.2) is 44.2 Å². The largest absolute Gasteiger partial charge is 0.497 e. The van der Waals surface area contributed by atoms with Gasteiger partial charge in [-0.05, 0) is 63.0 Å². The van der Waals surface area contributed by atoms with Crippen molar-refractivity contribution in [3.63, 3.8) is 0 Å². The second kappa shape index (κ2) is 7.88. The van der Waals surface area contributed by atoms with Gasteiger partial charge in [0, 0.05) is 18.8 Å². The third-order valence-corrected chi connectivity index (χ3v) is 3.95. The first-order chi connectivity index (χ1) is 10.2. The number of nitrogens with one attached hydrogen (secondary N) is 2. The van der Waals surface area contributed by atoms with Crippen molar-refractivity contribution in [1.82, 2.24) is 10.2 Å². The fourth-order valence-electron chi connectivity index (χ4n) is 2.61. The molecule has 1 heterocycles. The Labute approximate surface area is 126 Å². The van der Waals surface area contributed by atoms with Gasteiger partial charge in [0.2, 0.25) is 0 Å². The molecule has 2 amide bonds. The molecule has 0 radical (unpaired) electrons. The highest BCUT2D eigenvalue weighted by atomic mass is 16.5. The van der Waals surface area contributed by atoms with Crippen molar-refractivity contribution in [2.24, 2.45) is 5.92 Å². The molecule has 0 aliphatic carbocycles. The van der Waals surface area contributed by atoms with E-state index in [9.17, 15) is 4.79 Å². The van der Waals surface area contributed by atoms with Gasteiger partial charge in [0.25, 0.3) is 0 Å². The van der Waals surface area contributed by atoms with E-state index in [4.69, 9.17) is 4.74 Å². The maximum atomic E-state index is 12.3. The Morgan fingerprint density at radius 2 is 2.00 bits per heavy atom. The molecule has 1 aromatic carbocycles. The molecule has 0 aromatic heterocycles. The van der Waals surface area contributed by atoms with Gasteiger partial charge in [-0.25, -0.2) is 4.79 Å². The van der Waals surface area contributed by atoms with Crippen LogP contribution in [0.4, 0.5) is 10.5 Å². The van der Waals surface area contributed by atoms with E-state index in [1.165, 1.54) is 0 Å². The second-order valence-electron chi connectivity index (χ2n) is 5.39. The topological polar surface area (TPSA) is 53.6 Å². The van der Waals surface area contributed by atoms with Gasteiger partial charge in [-0.1, -0.05) is 0 Å². The maximum absolute atomic E-state index is 12.3. The molecule has 1 fully saturated rings. The van der Waals surface area contributed by atoms with Crippen molar-refractivity contribution in [1.29, 1.82) is 0 Å². The number of methoxy groups -OCH3 is 1. The van der Waals surface area contributed by atoms with Crippen LogP contribution in [0.15, 0.2) is 24.3 Å². The third-order valence-electron chi connectivity index (χ3n) is 3.95. The molecule has 0 saturated carbocycles. The number of amides is 2. The van der Waals surface area contributed by atoms with Gasteiger partial charge in [0.15, 0.2) is 0 Å². The summed E-state index contributed by atoms with van der Waals surface area (Å²) >= 11 is 0. The maximum Gasteiger partial charge on any atom is 0.321 e. The summed E-state index contributed by atoms with van der Waals surface area (Å²) in [7, 11) is 1.63. The van der Waals surface area contributed by atoms with Crippen molar-refractivity contribution in [2.75, 3.05) is 38.6 Å². The number of hydrogen-bond donors (Lipinski definition) is 2. The Morgan fingerprint density at radius 1 is 1.33 bits per heavy atom. The number of hydrogen-bond acceptors (Lipinski definition) is 3. The van der Waals surface area contributed by atoms with Crippen LogP contribution in [0.1, 0.15) is 19.8 Å². The fourth-order valence-corrected chi connectivity index (χ4v) is 2.61. The molecular weight excluding hydrogens is 266 g/mol. The molecule has 0 bridgehead atoms. The number of ether oxygens (including phenoxy) is 1.